The number of rotatable bonds is 7. The second kappa shape index (κ2) is 8.21. The summed E-state index contributed by atoms with van der Waals surface area (Å²) in [5, 5.41) is 2.90. The van der Waals surface area contributed by atoms with Crippen LogP contribution in [0.4, 0.5) is 5.69 Å². The van der Waals surface area contributed by atoms with E-state index in [1.807, 2.05) is 18.2 Å². The summed E-state index contributed by atoms with van der Waals surface area (Å²) in [6, 6.07) is 8.83. The molecule has 0 aliphatic rings. The number of amides is 1. The van der Waals surface area contributed by atoms with E-state index in [1.54, 1.807) is 12.1 Å². The van der Waals surface area contributed by atoms with Gasteiger partial charge in [0.05, 0.1) is 32.4 Å². The fourth-order valence-corrected chi connectivity index (χ4v) is 3.04. The van der Waals surface area contributed by atoms with Crippen molar-refractivity contribution in [3.8, 4) is 17.2 Å². The van der Waals surface area contributed by atoms with E-state index in [1.165, 1.54) is 21.3 Å². The number of imidazole rings is 1. The minimum Gasteiger partial charge on any atom is -0.493 e. The van der Waals surface area contributed by atoms with Crippen LogP contribution in [0, 0.1) is 5.92 Å². The van der Waals surface area contributed by atoms with Crippen LogP contribution < -0.4 is 19.5 Å². The molecule has 1 heterocycles. The van der Waals surface area contributed by atoms with Gasteiger partial charge in [-0.1, -0.05) is 13.8 Å². The van der Waals surface area contributed by atoms with Crippen LogP contribution in [0.15, 0.2) is 30.3 Å². The molecule has 0 bridgehead atoms. The van der Waals surface area contributed by atoms with Crippen LogP contribution in [0.2, 0.25) is 0 Å². The van der Waals surface area contributed by atoms with Crippen LogP contribution in [0.1, 0.15) is 30.0 Å². The number of ether oxygens (including phenoxy) is 3. The molecule has 3 aromatic rings. The topological polar surface area (TPSA) is 85.5 Å². The molecule has 28 heavy (non-hydrogen) atoms. The lowest BCUT2D eigenvalue weighted by atomic mass is 10.1. The molecule has 0 radical (unpaired) electrons. The highest BCUT2D eigenvalue weighted by Gasteiger charge is 2.17. The third kappa shape index (κ3) is 4.03. The normalized spacial score (nSPS) is 10.9. The molecule has 0 atom stereocenters. The number of benzene rings is 2. The van der Waals surface area contributed by atoms with E-state index in [2.05, 4.69) is 29.1 Å². The van der Waals surface area contributed by atoms with E-state index in [0.29, 0.717) is 34.4 Å². The number of methoxy groups -OCH3 is 3. The summed E-state index contributed by atoms with van der Waals surface area (Å²) in [6.45, 7) is 4.30. The number of fused-ring (bicyclic) bond motifs is 1. The van der Waals surface area contributed by atoms with Gasteiger partial charge in [0.15, 0.2) is 11.5 Å². The summed E-state index contributed by atoms with van der Waals surface area (Å²) in [5.74, 6) is 2.47. The van der Waals surface area contributed by atoms with Gasteiger partial charge in [-0.05, 0) is 36.2 Å². The third-order valence-corrected chi connectivity index (χ3v) is 4.32. The predicted octanol–water partition coefficient (Wildman–Crippen LogP) is 4.04. The van der Waals surface area contributed by atoms with Crippen LogP contribution >= 0.6 is 0 Å². The molecule has 0 spiro atoms. The second-order valence-electron chi connectivity index (χ2n) is 6.88. The molecule has 7 nitrogen and oxygen atoms in total. The molecule has 2 N–H and O–H groups in total. The van der Waals surface area contributed by atoms with E-state index in [9.17, 15) is 4.79 Å². The zero-order valence-corrected chi connectivity index (χ0v) is 16.8. The Hall–Kier alpha value is -3.22. The molecule has 7 heteroatoms. The molecule has 0 unspecified atom stereocenters. The van der Waals surface area contributed by atoms with Crippen LogP contribution in [-0.4, -0.2) is 37.2 Å². The van der Waals surface area contributed by atoms with Gasteiger partial charge in [0.2, 0.25) is 5.75 Å². The average molecular weight is 383 g/mol. The number of carbonyl (C=O) groups is 1. The van der Waals surface area contributed by atoms with Crippen LogP contribution in [0.25, 0.3) is 11.0 Å². The van der Waals surface area contributed by atoms with E-state index in [4.69, 9.17) is 14.2 Å². The van der Waals surface area contributed by atoms with Gasteiger partial charge in [-0.25, -0.2) is 4.98 Å². The van der Waals surface area contributed by atoms with Crippen molar-refractivity contribution in [2.45, 2.75) is 20.3 Å². The molecule has 0 saturated carbocycles. The van der Waals surface area contributed by atoms with Crippen LogP contribution in [-0.2, 0) is 6.42 Å². The molecular formula is C21H25N3O4. The number of nitrogens with one attached hydrogen (secondary N) is 2. The molecule has 3 rings (SSSR count). The Labute approximate surface area is 164 Å². The summed E-state index contributed by atoms with van der Waals surface area (Å²) < 4.78 is 15.9. The van der Waals surface area contributed by atoms with Crippen molar-refractivity contribution in [1.29, 1.82) is 0 Å². The van der Waals surface area contributed by atoms with Crippen molar-refractivity contribution in [3.63, 3.8) is 0 Å². The third-order valence-electron chi connectivity index (χ3n) is 4.32. The second-order valence-corrected chi connectivity index (χ2v) is 6.88. The molecule has 0 saturated heterocycles. The van der Waals surface area contributed by atoms with E-state index < -0.39 is 0 Å². The molecule has 1 amide bonds. The lowest BCUT2D eigenvalue weighted by Gasteiger charge is -2.14. The Morgan fingerprint density at radius 1 is 1.07 bits per heavy atom. The Morgan fingerprint density at radius 3 is 2.32 bits per heavy atom. The monoisotopic (exact) mass is 383 g/mol. The largest absolute Gasteiger partial charge is 0.493 e. The van der Waals surface area contributed by atoms with E-state index >= 15 is 0 Å². The van der Waals surface area contributed by atoms with Crippen molar-refractivity contribution >= 4 is 22.6 Å². The summed E-state index contributed by atoms with van der Waals surface area (Å²) >= 11 is 0. The van der Waals surface area contributed by atoms with Crippen LogP contribution in [0.3, 0.4) is 0 Å². The van der Waals surface area contributed by atoms with Gasteiger partial charge in [-0.2, -0.15) is 0 Å². The van der Waals surface area contributed by atoms with Crippen molar-refractivity contribution in [1.82, 2.24) is 9.97 Å². The number of aromatic nitrogens is 2. The maximum absolute atomic E-state index is 12.7. The molecular weight excluding hydrogens is 358 g/mol. The van der Waals surface area contributed by atoms with Gasteiger partial charge in [-0.3, -0.25) is 4.79 Å². The minimum absolute atomic E-state index is 0.277. The Bertz CT molecular complexity index is 969. The fourth-order valence-electron chi connectivity index (χ4n) is 3.04. The van der Waals surface area contributed by atoms with Gasteiger partial charge in [-0.15, -0.1) is 0 Å². The first-order valence-electron chi connectivity index (χ1n) is 9.05. The van der Waals surface area contributed by atoms with Crippen molar-refractivity contribution in [3.05, 3.63) is 41.7 Å². The first-order valence-corrected chi connectivity index (χ1v) is 9.05. The molecule has 148 valence electrons. The first-order chi connectivity index (χ1) is 13.4. The Kier molecular flexibility index (Phi) is 5.73. The highest BCUT2D eigenvalue weighted by Crippen LogP contribution is 2.38. The molecule has 2 aromatic carbocycles. The number of H-pyrrole nitrogens is 1. The Balaban J connectivity index is 1.86. The number of aromatic amines is 1. The molecule has 0 aliphatic heterocycles. The highest BCUT2D eigenvalue weighted by molar-refractivity contribution is 6.05. The maximum atomic E-state index is 12.7. The van der Waals surface area contributed by atoms with Gasteiger partial charge >= 0.3 is 0 Å². The number of hydrogen-bond acceptors (Lipinski definition) is 5. The summed E-state index contributed by atoms with van der Waals surface area (Å²) in [4.78, 5) is 20.6. The summed E-state index contributed by atoms with van der Waals surface area (Å²) in [7, 11) is 4.55. The van der Waals surface area contributed by atoms with Gasteiger partial charge in [0, 0.05) is 17.7 Å². The highest BCUT2D eigenvalue weighted by atomic mass is 16.5. The molecule has 0 aliphatic carbocycles. The molecule has 0 fully saturated rings. The minimum atomic E-state index is -0.277. The zero-order valence-electron chi connectivity index (χ0n) is 16.8. The zero-order chi connectivity index (χ0) is 20.3. The van der Waals surface area contributed by atoms with Crippen molar-refractivity contribution in [2.24, 2.45) is 5.92 Å². The number of nitrogens with zero attached hydrogens (tertiary/aromatic N) is 1. The smallest absolute Gasteiger partial charge is 0.255 e. The van der Waals surface area contributed by atoms with E-state index in [-0.39, 0.29) is 5.91 Å². The standard InChI is InChI=1S/C21H25N3O4/c1-12(2)8-19-23-15-7-6-14(11-16(15)24-19)22-21(25)13-9-17(26-3)20(28-5)18(10-13)27-4/h6-7,9-12H,8H2,1-5H3,(H,22,25)(H,23,24). The van der Waals surface area contributed by atoms with Crippen molar-refractivity contribution < 1.29 is 19.0 Å². The van der Waals surface area contributed by atoms with E-state index in [0.717, 1.165) is 23.3 Å². The number of anilines is 1. The van der Waals surface area contributed by atoms with Gasteiger partial charge in [0.1, 0.15) is 5.82 Å². The SMILES string of the molecule is COc1cc(C(=O)Nc2ccc3nc(CC(C)C)[nH]c3c2)cc(OC)c1OC. The van der Waals surface area contributed by atoms with Gasteiger partial charge in [0.25, 0.3) is 5.91 Å². The maximum Gasteiger partial charge on any atom is 0.255 e. The molecule has 1 aromatic heterocycles. The van der Waals surface area contributed by atoms with Crippen LogP contribution in [0.5, 0.6) is 17.2 Å². The summed E-state index contributed by atoms with van der Waals surface area (Å²) in [6.07, 6.45) is 0.877. The first kappa shape index (κ1) is 19.5. The fraction of sp³-hybridized carbons (Fsp3) is 0.333. The predicted molar refractivity (Wildman–Crippen MR) is 109 cm³/mol. The number of hydrogen-bond donors (Lipinski definition) is 2. The van der Waals surface area contributed by atoms with Gasteiger partial charge < -0.3 is 24.5 Å². The summed E-state index contributed by atoms with van der Waals surface area (Å²) in [5.41, 5.74) is 2.84. The van der Waals surface area contributed by atoms with Crippen molar-refractivity contribution in [2.75, 3.05) is 26.6 Å². The average Bonchev–Trinajstić information content (AvgIpc) is 3.07. The lowest BCUT2D eigenvalue weighted by molar-refractivity contribution is 0.102. The lowest BCUT2D eigenvalue weighted by Crippen LogP contribution is -2.12. The number of carbonyl (C=O) groups excluding carboxylic acids is 1. The Morgan fingerprint density at radius 2 is 1.75 bits per heavy atom. The quantitative estimate of drug-likeness (QED) is 0.643.